The van der Waals surface area contributed by atoms with Crippen LogP contribution in [0.2, 0.25) is 0 Å². The second kappa shape index (κ2) is 13.7. The van der Waals surface area contributed by atoms with Crippen LogP contribution in [0.3, 0.4) is 0 Å². The molecule has 0 aliphatic heterocycles. The van der Waals surface area contributed by atoms with Crippen LogP contribution in [0.25, 0.3) is 32.8 Å². The number of benzene rings is 3. The minimum Gasteiger partial charge on any atom is -0.493 e. The van der Waals surface area contributed by atoms with E-state index < -0.39 is 0 Å². The Hall–Kier alpha value is -4.40. The number of aliphatic hydroxyl groups excluding tert-OH is 1. The van der Waals surface area contributed by atoms with Crippen LogP contribution < -0.4 is 4.74 Å². The number of hydrogen-bond donors (Lipinski definition) is 1. The molecule has 0 aliphatic carbocycles. The number of aryl methyl sites for hydroxylation is 2. The van der Waals surface area contributed by atoms with Crippen LogP contribution in [0.4, 0.5) is 0 Å². The molecule has 0 aliphatic rings. The molecule has 224 valence electrons. The predicted molar refractivity (Wildman–Crippen MR) is 169 cm³/mol. The Labute approximate surface area is 252 Å². The molecule has 0 saturated heterocycles. The Balaban J connectivity index is 1.61. The van der Waals surface area contributed by atoms with Gasteiger partial charge >= 0.3 is 5.97 Å². The summed E-state index contributed by atoms with van der Waals surface area (Å²) < 4.78 is 21.2. The molecule has 2 heterocycles. The van der Waals surface area contributed by atoms with E-state index in [1.54, 1.807) is 11.8 Å². The first-order valence-corrected chi connectivity index (χ1v) is 14.7. The minimum atomic E-state index is -0.357. The maximum atomic E-state index is 13.6. The summed E-state index contributed by atoms with van der Waals surface area (Å²) in [6.45, 7) is 5.14. The summed E-state index contributed by atoms with van der Waals surface area (Å²) in [6, 6.07) is 20.3. The number of carbonyl (C=O) groups is 1. The van der Waals surface area contributed by atoms with Gasteiger partial charge in [0.25, 0.3) is 0 Å². The fraction of sp³-hybridized carbons (Fsp3) is 0.314. The van der Waals surface area contributed by atoms with Gasteiger partial charge in [-0.15, -0.1) is 0 Å². The van der Waals surface area contributed by atoms with Crippen molar-refractivity contribution in [2.75, 3.05) is 20.3 Å². The fourth-order valence-corrected chi connectivity index (χ4v) is 5.86. The summed E-state index contributed by atoms with van der Waals surface area (Å²) in [5, 5.41) is 18.0. The third-order valence-electron chi connectivity index (χ3n) is 7.70. The third-order valence-corrected chi connectivity index (χ3v) is 7.70. The highest BCUT2D eigenvalue weighted by molar-refractivity contribution is 6.05. The zero-order valence-corrected chi connectivity index (χ0v) is 25.3. The molecule has 8 heteroatoms. The van der Waals surface area contributed by atoms with Crippen molar-refractivity contribution in [2.45, 2.75) is 46.4 Å². The second-order valence-corrected chi connectivity index (χ2v) is 10.3. The molecular formula is C35H39N3O5. The number of aromatic nitrogens is 3. The number of methoxy groups -OCH3 is 1. The van der Waals surface area contributed by atoms with E-state index in [1.165, 1.54) is 0 Å². The van der Waals surface area contributed by atoms with Crippen molar-refractivity contribution < 1.29 is 24.1 Å². The summed E-state index contributed by atoms with van der Waals surface area (Å²) in [7, 11) is 3.49. The lowest BCUT2D eigenvalue weighted by Gasteiger charge is -2.13. The largest absolute Gasteiger partial charge is 0.493 e. The number of esters is 1. The smallest absolute Gasteiger partial charge is 0.355 e. The summed E-state index contributed by atoms with van der Waals surface area (Å²) in [5.41, 5.74) is 5.46. The van der Waals surface area contributed by atoms with Crippen molar-refractivity contribution in [1.82, 2.24) is 14.3 Å². The highest BCUT2D eigenvalue weighted by Gasteiger charge is 2.27. The number of nitrogens with zero attached hydrogens (tertiary/aromatic N) is 3. The Bertz CT molecular complexity index is 1760. The zero-order valence-electron chi connectivity index (χ0n) is 25.3. The van der Waals surface area contributed by atoms with Crippen LogP contribution in [0, 0.1) is 0 Å². The average molecular weight is 582 g/mol. The fourth-order valence-electron chi connectivity index (χ4n) is 5.86. The van der Waals surface area contributed by atoms with E-state index in [0.717, 1.165) is 49.8 Å². The molecule has 0 fully saturated rings. The number of rotatable bonds is 13. The standard InChI is InChI=1S/C35H39N3O5/c1-5-7-20-38-33-26(16-11-17-28(33)32-29(22-39)36-37(3)30(32)23-41-4)27(34(38)35(40)42-6-2)18-12-21-43-31-19-10-14-24-13-8-9-15-25(24)31/h5,7-11,13-17,19,39H,6,12,18,20-23H2,1-4H3/b7-5-. The number of hydrogen-bond acceptors (Lipinski definition) is 6. The van der Waals surface area contributed by atoms with Crippen molar-refractivity contribution in [2.24, 2.45) is 7.05 Å². The van der Waals surface area contributed by atoms with E-state index in [-0.39, 0.29) is 19.2 Å². The Morgan fingerprint density at radius 1 is 1.05 bits per heavy atom. The van der Waals surface area contributed by atoms with E-state index in [4.69, 9.17) is 14.2 Å². The first-order valence-electron chi connectivity index (χ1n) is 14.7. The van der Waals surface area contributed by atoms with Gasteiger partial charge in [-0.3, -0.25) is 4.68 Å². The molecule has 8 nitrogen and oxygen atoms in total. The molecule has 2 aromatic heterocycles. The molecule has 0 unspecified atom stereocenters. The van der Waals surface area contributed by atoms with E-state index in [0.29, 0.717) is 44.0 Å². The molecule has 0 atom stereocenters. The quantitative estimate of drug-likeness (QED) is 0.0958. The summed E-state index contributed by atoms with van der Waals surface area (Å²) in [6.07, 6.45) is 5.32. The van der Waals surface area contributed by atoms with E-state index in [1.807, 2.05) is 74.0 Å². The second-order valence-electron chi connectivity index (χ2n) is 10.3. The highest BCUT2D eigenvalue weighted by atomic mass is 16.5. The van der Waals surface area contributed by atoms with Crippen LogP contribution in [-0.2, 0) is 42.7 Å². The van der Waals surface area contributed by atoms with Crippen LogP contribution in [0.1, 0.15) is 47.7 Å². The van der Waals surface area contributed by atoms with Gasteiger partial charge in [-0.25, -0.2) is 4.79 Å². The van der Waals surface area contributed by atoms with Crippen molar-refractivity contribution >= 4 is 27.6 Å². The van der Waals surface area contributed by atoms with Crippen LogP contribution in [0.15, 0.2) is 72.8 Å². The number of ether oxygens (including phenoxy) is 3. The lowest BCUT2D eigenvalue weighted by Crippen LogP contribution is -2.14. The first-order chi connectivity index (χ1) is 21.0. The summed E-state index contributed by atoms with van der Waals surface area (Å²) >= 11 is 0. The van der Waals surface area contributed by atoms with E-state index >= 15 is 0 Å². The van der Waals surface area contributed by atoms with Gasteiger partial charge in [-0.2, -0.15) is 5.10 Å². The van der Waals surface area contributed by atoms with Crippen LogP contribution in [-0.4, -0.2) is 45.7 Å². The lowest BCUT2D eigenvalue weighted by atomic mass is 9.98. The summed E-state index contributed by atoms with van der Waals surface area (Å²) in [5.74, 6) is 0.491. The van der Waals surface area contributed by atoms with Gasteiger partial charge in [-0.1, -0.05) is 66.7 Å². The van der Waals surface area contributed by atoms with E-state index in [2.05, 4.69) is 29.4 Å². The van der Waals surface area contributed by atoms with Crippen LogP contribution >= 0.6 is 0 Å². The monoisotopic (exact) mass is 581 g/mol. The molecule has 0 saturated carbocycles. The van der Waals surface area contributed by atoms with Crippen molar-refractivity contribution in [3.05, 3.63) is 95.5 Å². The van der Waals surface area contributed by atoms with E-state index in [9.17, 15) is 9.90 Å². The highest BCUT2D eigenvalue weighted by Crippen LogP contribution is 2.39. The van der Waals surface area contributed by atoms with Gasteiger partial charge in [0.1, 0.15) is 11.4 Å². The third kappa shape index (κ3) is 5.94. The van der Waals surface area contributed by atoms with Gasteiger partial charge in [0.05, 0.1) is 43.3 Å². The first kappa shape index (κ1) is 30.1. The van der Waals surface area contributed by atoms with Gasteiger partial charge in [0.15, 0.2) is 0 Å². The number of para-hydroxylation sites is 1. The topological polar surface area (TPSA) is 87.7 Å². The van der Waals surface area contributed by atoms with Crippen molar-refractivity contribution in [3.63, 3.8) is 0 Å². The summed E-state index contributed by atoms with van der Waals surface area (Å²) in [4.78, 5) is 13.6. The van der Waals surface area contributed by atoms with Gasteiger partial charge < -0.3 is 23.9 Å². The molecule has 0 spiro atoms. The number of aliphatic hydroxyl groups is 1. The van der Waals surface area contributed by atoms with Gasteiger partial charge in [-0.05, 0) is 43.7 Å². The molecule has 1 N–H and O–H groups in total. The van der Waals surface area contributed by atoms with Gasteiger partial charge in [0.2, 0.25) is 0 Å². The maximum absolute atomic E-state index is 13.6. The molecule has 5 aromatic rings. The molecular weight excluding hydrogens is 542 g/mol. The molecule has 3 aromatic carbocycles. The lowest BCUT2D eigenvalue weighted by molar-refractivity contribution is 0.0513. The molecule has 5 rings (SSSR count). The molecule has 0 amide bonds. The Morgan fingerprint density at radius 3 is 2.58 bits per heavy atom. The van der Waals surface area contributed by atoms with Crippen molar-refractivity contribution in [1.29, 1.82) is 0 Å². The van der Waals surface area contributed by atoms with Crippen LogP contribution in [0.5, 0.6) is 5.75 Å². The normalized spacial score (nSPS) is 11.7. The van der Waals surface area contributed by atoms with Crippen molar-refractivity contribution in [3.8, 4) is 16.9 Å². The van der Waals surface area contributed by atoms with Gasteiger partial charge in [0, 0.05) is 42.6 Å². The Kier molecular flexibility index (Phi) is 9.59. The average Bonchev–Trinajstić information content (AvgIpc) is 3.52. The Morgan fingerprint density at radius 2 is 1.81 bits per heavy atom. The minimum absolute atomic E-state index is 0.220. The number of allylic oxidation sites excluding steroid dienone is 2. The molecule has 43 heavy (non-hydrogen) atoms. The maximum Gasteiger partial charge on any atom is 0.355 e. The number of carbonyl (C=O) groups excluding carboxylic acids is 1. The zero-order chi connectivity index (χ0) is 30.3. The SMILES string of the molecule is C/C=C\Cn1c(C(=O)OCC)c(CCCOc2cccc3ccccc23)c2cccc(-c3c(CO)nn(C)c3COC)c21. The molecule has 0 radical (unpaired) electrons. The predicted octanol–water partition coefficient (Wildman–Crippen LogP) is 6.60. The number of fused-ring (bicyclic) bond motifs is 2. The molecule has 0 bridgehead atoms.